The smallest absolute Gasteiger partial charge is 0.269 e. The molecule has 0 atom stereocenters. The van der Waals surface area contributed by atoms with Crippen LogP contribution < -0.4 is 21.7 Å². The zero-order valence-electron chi connectivity index (χ0n) is 12.9. The van der Waals surface area contributed by atoms with Gasteiger partial charge in [-0.3, -0.25) is 10.1 Å². The van der Waals surface area contributed by atoms with Crippen LogP contribution in [0, 0.1) is 17.0 Å². The number of hydrogen-bond acceptors (Lipinski definition) is 6. The van der Waals surface area contributed by atoms with Crippen molar-refractivity contribution in [3.05, 3.63) is 64.2 Å². The number of aryl methyl sites for hydroxylation is 1. The summed E-state index contributed by atoms with van der Waals surface area (Å²) in [6, 6.07) is 12.8. The van der Waals surface area contributed by atoms with E-state index in [0.717, 1.165) is 16.3 Å². The first-order valence-electron chi connectivity index (χ1n) is 7.22. The van der Waals surface area contributed by atoms with Crippen LogP contribution in [-0.2, 0) is 0 Å². The highest BCUT2D eigenvalue weighted by Gasteiger charge is 2.07. The molecule has 3 aromatic rings. The number of hydrogen-bond donors (Lipinski definition) is 3. The summed E-state index contributed by atoms with van der Waals surface area (Å²) in [4.78, 5) is 10.2. The molecule has 122 valence electrons. The van der Waals surface area contributed by atoms with Crippen molar-refractivity contribution in [2.45, 2.75) is 6.92 Å². The second-order valence-electron chi connectivity index (χ2n) is 5.43. The number of nitro benzene ring substituents is 1. The molecule has 0 heterocycles. The van der Waals surface area contributed by atoms with Gasteiger partial charge in [-0.1, -0.05) is 17.9 Å². The van der Waals surface area contributed by atoms with Gasteiger partial charge in [-0.15, -0.1) is 0 Å². The molecule has 24 heavy (non-hydrogen) atoms. The number of nitro groups is 1. The van der Waals surface area contributed by atoms with E-state index in [4.69, 9.17) is 5.73 Å². The molecule has 0 unspecified atom stereocenters. The quantitative estimate of drug-likeness (QED) is 0.386. The highest BCUT2D eigenvalue weighted by Crippen LogP contribution is 2.34. The van der Waals surface area contributed by atoms with Crippen molar-refractivity contribution in [2.24, 2.45) is 0 Å². The molecule has 0 aromatic heterocycles. The Balaban J connectivity index is 1.91. The summed E-state index contributed by atoms with van der Waals surface area (Å²) in [7, 11) is 0. The van der Waals surface area contributed by atoms with Gasteiger partial charge in [0.2, 0.25) is 0 Å². The molecule has 7 heteroatoms. The summed E-state index contributed by atoms with van der Waals surface area (Å²) in [5, 5.41) is 24.6. The van der Waals surface area contributed by atoms with E-state index in [-0.39, 0.29) is 11.4 Å². The Hall–Kier alpha value is -3.48. The highest BCUT2D eigenvalue weighted by molar-refractivity contribution is 6.00. The minimum absolute atomic E-state index is 0.00123. The third kappa shape index (κ3) is 2.87. The Bertz CT molecular complexity index is 923. The summed E-state index contributed by atoms with van der Waals surface area (Å²) >= 11 is 0. The topological polar surface area (TPSA) is 116 Å². The van der Waals surface area contributed by atoms with Crippen LogP contribution in [0.15, 0.2) is 48.5 Å². The number of non-ortho nitro benzene ring substituents is 1. The van der Waals surface area contributed by atoms with Crippen LogP contribution in [0.1, 0.15) is 5.56 Å². The molecule has 0 radical (unpaired) electrons. The van der Waals surface area contributed by atoms with E-state index in [9.17, 15) is 15.2 Å². The Morgan fingerprint density at radius 3 is 2.38 bits per heavy atom. The highest BCUT2D eigenvalue weighted by atomic mass is 16.6. The van der Waals surface area contributed by atoms with Gasteiger partial charge in [0.1, 0.15) is 0 Å². The van der Waals surface area contributed by atoms with Crippen LogP contribution >= 0.6 is 0 Å². The van der Waals surface area contributed by atoms with Crippen LogP contribution in [-0.4, -0.2) is 4.92 Å². The monoisotopic (exact) mass is 323 g/mol. The van der Waals surface area contributed by atoms with E-state index in [1.807, 2.05) is 13.0 Å². The van der Waals surface area contributed by atoms with Gasteiger partial charge in [0.05, 0.1) is 16.3 Å². The molecule has 0 fully saturated rings. The fourth-order valence-electron chi connectivity index (χ4n) is 2.52. The lowest BCUT2D eigenvalue weighted by Crippen LogP contribution is -2.11. The van der Waals surface area contributed by atoms with E-state index in [1.54, 1.807) is 30.3 Å². The van der Waals surface area contributed by atoms with Gasteiger partial charge >= 0.3 is 0 Å². The van der Waals surface area contributed by atoms with E-state index in [0.29, 0.717) is 17.1 Å². The van der Waals surface area contributed by atoms with E-state index < -0.39 is 4.92 Å². The Morgan fingerprint density at radius 1 is 1.00 bits per heavy atom. The first kappa shape index (κ1) is 15.4. The van der Waals surface area contributed by atoms with Crippen molar-refractivity contribution in [3.63, 3.8) is 0 Å². The second kappa shape index (κ2) is 5.96. The van der Waals surface area contributed by atoms with E-state index in [1.165, 1.54) is 12.1 Å². The molecule has 0 bridgehead atoms. The lowest BCUT2D eigenvalue weighted by atomic mass is 10.0. The van der Waals surface area contributed by atoms with Gasteiger partial charge in [-0.25, -0.2) is 0 Å². The van der Waals surface area contributed by atoms with Crippen LogP contribution in [0.2, 0.25) is 0 Å². The number of benzene rings is 3. The number of rotatable bonds is 4. The number of nitrogens with two attached hydrogens (primary N) is 1. The van der Waals surface area contributed by atoms with Crippen LogP contribution in [0.25, 0.3) is 10.8 Å². The number of nitrogens with one attached hydrogen (secondary N) is 2. The largest absolute Gasteiger partial charge is 0.871 e. The molecule has 0 spiro atoms. The van der Waals surface area contributed by atoms with Gasteiger partial charge in [-0.05, 0) is 42.1 Å². The lowest BCUT2D eigenvalue weighted by Gasteiger charge is -2.21. The first-order chi connectivity index (χ1) is 11.5. The standard InChI is InChI=1S/C17H16N4O3/c1-10-8-16(22)17(14-7-2-11(18)9-15(10)14)20-19-12-3-5-13(6-4-12)21(23)24/h2-9,19-20,22H,18H2,1H3/p-1. The maximum absolute atomic E-state index is 12.3. The van der Waals surface area contributed by atoms with Gasteiger partial charge in [0.25, 0.3) is 5.69 Å². The minimum atomic E-state index is -0.467. The average Bonchev–Trinajstić information content (AvgIpc) is 2.55. The summed E-state index contributed by atoms with van der Waals surface area (Å²) in [6.45, 7) is 1.86. The van der Waals surface area contributed by atoms with E-state index in [2.05, 4.69) is 10.9 Å². The normalized spacial score (nSPS) is 10.5. The number of nitrogen functional groups attached to an aromatic ring is 1. The Labute approximate surface area is 137 Å². The summed E-state index contributed by atoms with van der Waals surface area (Å²) in [5.41, 5.74) is 14.1. The fourth-order valence-corrected chi connectivity index (χ4v) is 2.52. The van der Waals surface area contributed by atoms with Crippen LogP contribution in [0.3, 0.4) is 0 Å². The third-order valence-electron chi connectivity index (χ3n) is 3.74. The predicted octanol–water partition coefficient (Wildman–Crippen LogP) is 3.15. The molecule has 3 aromatic carbocycles. The summed E-state index contributed by atoms with van der Waals surface area (Å²) in [5.74, 6) is -0.154. The second-order valence-corrected chi connectivity index (χ2v) is 5.43. The SMILES string of the molecule is Cc1cc([O-])c(NNc2ccc([N+](=O)[O-])cc2)c2ccc(N)cc12. The maximum atomic E-state index is 12.3. The van der Waals surface area contributed by atoms with Crippen molar-refractivity contribution in [2.75, 3.05) is 16.6 Å². The van der Waals surface area contributed by atoms with Crippen LogP contribution in [0.4, 0.5) is 22.7 Å². The van der Waals surface area contributed by atoms with Crippen molar-refractivity contribution < 1.29 is 10.0 Å². The van der Waals surface area contributed by atoms with E-state index >= 15 is 0 Å². The molecule has 0 saturated carbocycles. The van der Waals surface area contributed by atoms with Crippen molar-refractivity contribution in [1.29, 1.82) is 0 Å². The molecular weight excluding hydrogens is 308 g/mol. The van der Waals surface area contributed by atoms with Crippen LogP contribution in [0.5, 0.6) is 5.75 Å². The van der Waals surface area contributed by atoms with Gasteiger partial charge < -0.3 is 21.7 Å². The van der Waals surface area contributed by atoms with Gasteiger partial charge in [-0.2, -0.15) is 0 Å². The number of fused-ring (bicyclic) bond motifs is 1. The number of hydrazine groups is 1. The first-order valence-corrected chi connectivity index (χ1v) is 7.22. The molecule has 0 saturated heterocycles. The maximum Gasteiger partial charge on any atom is 0.269 e. The molecule has 0 aliphatic carbocycles. The summed E-state index contributed by atoms with van der Waals surface area (Å²) < 4.78 is 0. The Kier molecular flexibility index (Phi) is 3.83. The zero-order valence-corrected chi connectivity index (χ0v) is 12.9. The Morgan fingerprint density at radius 2 is 1.71 bits per heavy atom. The lowest BCUT2D eigenvalue weighted by molar-refractivity contribution is -0.384. The minimum Gasteiger partial charge on any atom is -0.871 e. The molecule has 4 N–H and O–H groups in total. The molecule has 0 aliphatic heterocycles. The van der Waals surface area contributed by atoms with Crippen molar-refractivity contribution in [1.82, 2.24) is 0 Å². The zero-order chi connectivity index (χ0) is 17.3. The molecule has 3 rings (SSSR count). The van der Waals surface area contributed by atoms with Crippen molar-refractivity contribution >= 4 is 33.5 Å². The van der Waals surface area contributed by atoms with Crippen molar-refractivity contribution in [3.8, 4) is 5.75 Å². The van der Waals surface area contributed by atoms with Gasteiger partial charge in [0.15, 0.2) is 0 Å². The molecule has 7 nitrogen and oxygen atoms in total. The fraction of sp³-hybridized carbons (Fsp3) is 0.0588. The third-order valence-corrected chi connectivity index (χ3v) is 3.74. The number of nitrogens with zero attached hydrogens (tertiary/aromatic N) is 1. The number of anilines is 3. The summed E-state index contributed by atoms with van der Waals surface area (Å²) in [6.07, 6.45) is 0. The predicted molar refractivity (Wildman–Crippen MR) is 92.9 cm³/mol. The average molecular weight is 323 g/mol. The molecule has 0 aliphatic rings. The van der Waals surface area contributed by atoms with Gasteiger partial charge in [0, 0.05) is 23.2 Å². The molecule has 0 amide bonds. The molecular formula is C17H15N4O3-.